The summed E-state index contributed by atoms with van der Waals surface area (Å²) in [6.07, 6.45) is 2.27. The molecule has 5 nitrogen and oxygen atoms in total. The second-order valence-electron chi connectivity index (χ2n) is 10.8. The number of esters is 1. The average Bonchev–Trinajstić information content (AvgIpc) is 3.20. The van der Waals surface area contributed by atoms with E-state index in [0.717, 1.165) is 0 Å². The van der Waals surface area contributed by atoms with Gasteiger partial charge in [0.25, 0.3) is 0 Å². The Labute approximate surface area is 230 Å². The molecule has 1 aliphatic heterocycles. The van der Waals surface area contributed by atoms with Gasteiger partial charge in [-0.25, -0.2) is 0 Å². The van der Waals surface area contributed by atoms with Gasteiger partial charge in [0.1, 0.15) is 5.75 Å². The molecule has 2 amide bonds. The number of hydrogen-bond acceptors (Lipinski definition) is 4. The topological polar surface area (TPSA) is 63.7 Å². The Morgan fingerprint density at radius 1 is 0.737 bits per heavy atom. The number of likely N-dealkylation sites (tertiary alicyclic amines) is 1. The smallest absolute Gasteiger partial charge is 0.314 e. The van der Waals surface area contributed by atoms with Crippen LogP contribution in [0, 0.1) is 17.8 Å². The number of nitrogens with zero attached hydrogens (tertiary/aromatic N) is 1. The number of carbonyl (C=O) groups is 3. The molecule has 8 rings (SSSR count). The second-order valence-corrected chi connectivity index (χ2v) is 11.7. The largest absolute Gasteiger partial charge is 0.425 e. The highest BCUT2D eigenvalue weighted by Gasteiger charge is 2.62. The van der Waals surface area contributed by atoms with E-state index in [1.165, 1.54) is 28.3 Å². The van der Waals surface area contributed by atoms with Gasteiger partial charge in [0, 0.05) is 22.9 Å². The third-order valence-electron chi connectivity index (χ3n) is 8.98. The molecule has 1 saturated heterocycles. The molecular formula is C31H25Cl2NO4. The fourth-order valence-electron chi connectivity index (χ4n) is 7.38. The lowest BCUT2D eigenvalue weighted by Gasteiger charge is -2.45. The van der Waals surface area contributed by atoms with E-state index in [-0.39, 0.29) is 64.2 Å². The first-order valence-electron chi connectivity index (χ1n) is 13.2. The number of rotatable bonds is 3. The van der Waals surface area contributed by atoms with Crippen molar-refractivity contribution < 1.29 is 19.1 Å². The fraction of sp³-hybridized carbons (Fsp3) is 0.323. The molecular weight excluding hydrogens is 521 g/mol. The highest BCUT2D eigenvalue weighted by Crippen LogP contribution is 2.61. The van der Waals surface area contributed by atoms with Crippen LogP contribution in [-0.4, -0.2) is 28.7 Å². The minimum Gasteiger partial charge on any atom is -0.425 e. The van der Waals surface area contributed by atoms with Gasteiger partial charge in [-0.1, -0.05) is 71.7 Å². The van der Waals surface area contributed by atoms with Crippen molar-refractivity contribution in [1.29, 1.82) is 0 Å². The molecule has 2 atom stereocenters. The molecule has 192 valence electrons. The van der Waals surface area contributed by atoms with E-state index in [1.54, 1.807) is 17.0 Å². The van der Waals surface area contributed by atoms with Crippen molar-refractivity contribution in [2.75, 3.05) is 0 Å². The van der Waals surface area contributed by atoms with Crippen molar-refractivity contribution in [3.05, 3.63) is 99.0 Å². The molecule has 2 unspecified atom stereocenters. The zero-order valence-electron chi connectivity index (χ0n) is 20.5. The summed E-state index contributed by atoms with van der Waals surface area (Å²) in [6.45, 7) is 0. The van der Waals surface area contributed by atoms with Gasteiger partial charge in [-0.3, -0.25) is 19.3 Å². The Balaban J connectivity index is 1.11. The Morgan fingerprint density at radius 2 is 1.24 bits per heavy atom. The maximum atomic E-state index is 14.0. The first kappa shape index (κ1) is 23.9. The minimum atomic E-state index is -0.368. The normalized spacial score (nSPS) is 29.1. The predicted molar refractivity (Wildman–Crippen MR) is 143 cm³/mol. The van der Waals surface area contributed by atoms with E-state index >= 15 is 0 Å². The third kappa shape index (κ3) is 3.48. The van der Waals surface area contributed by atoms with Gasteiger partial charge in [-0.2, -0.15) is 0 Å². The summed E-state index contributed by atoms with van der Waals surface area (Å²) >= 11 is 12.1. The van der Waals surface area contributed by atoms with Gasteiger partial charge in [0.05, 0.1) is 22.8 Å². The predicted octanol–water partition coefficient (Wildman–Crippen LogP) is 6.35. The standard InChI is InChI=1S/C31H25Cl2NO4/c32-17-11-14-24(23(33)15-17)38-31(37)16-9-12-18(13-10-16)34-29(35)27-25-19-5-1-2-6-20(19)26(28(27)30(34)36)22-8-4-3-7-21(22)25/h1-8,11,14-16,18,25-28H,9-10,12-13H2. The van der Waals surface area contributed by atoms with Crippen LogP contribution >= 0.6 is 23.2 Å². The lowest BCUT2D eigenvalue weighted by Crippen LogP contribution is -2.44. The summed E-state index contributed by atoms with van der Waals surface area (Å²) < 4.78 is 5.55. The summed E-state index contributed by atoms with van der Waals surface area (Å²) in [5.74, 6) is -1.42. The first-order chi connectivity index (χ1) is 18.4. The number of halogens is 2. The fourth-order valence-corrected chi connectivity index (χ4v) is 7.83. The maximum Gasteiger partial charge on any atom is 0.314 e. The van der Waals surface area contributed by atoms with Crippen LogP contribution in [-0.2, 0) is 14.4 Å². The van der Waals surface area contributed by atoms with E-state index < -0.39 is 0 Å². The Morgan fingerprint density at radius 3 is 1.71 bits per heavy atom. The molecule has 5 aliphatic rings. The van der Waals surface area contributed by atoms with Crippen LogP contribution in [0.2, 0.25) is 10.0 Å². The molecule has 1 saturated carbocycles. The molecule has 1 heterocycles. The highest BCUT2D eigenvalue weighted by molar-refractivity contribution is 6.35. The summed E-state index contributed by atoms with van der Waals surface area (Å²) in [5, 5.41) is 0.752. The van der Waals surface area contributed by atoms with Gasteiger partial charge in [0.2, 0.25) is 11.8 Å². The Hall–Kier alpha value is -3.15. The molecule has 0 aromatic heterocycles. The molecule has 7 heteroatoms. The van der Waals surface area contributed by atoms with Crippen molar-refractivity contribution >= 4 is 41.0 Å². The number of ether oxygens (including phenoxy) is 1. The molecule has 38 heavy (non-hydrogen) atoms. The highest BCUT2D eigenvalue weighted by atomic mass is 35.5. The van der Waals surface area contributed by atoms with Crippen LogP contribution in [0.1, 0.15) is 59.8 Å². The number of imide groups is 1. The monoisotopic (exact) mass is 545 g/mol. The molecule has 0 N–H and O–H groups in total. The number of amides is 2. The van der Waals surface area contributed by atoms with E-state index in [4.69, 9.17) is 27.9 Å². The van der Waals surface area contributed by atoms with Crippen LogP contribution in [0.15, 0.2) is 66.7 Å². The van der Waals surface area contributed by atoms with E-state index in [9.17, 15) is 14.4 Å². The SMILES string of the molecule is O=C(Oc1ccc(Cl)cc1Cl)C1CCC(N2C(=O)C3C4c5ccccc5C(c5ccccc54)C3C2=O)CC1. The maximum absolute atomic E-state index is 14.0. The number of carbonyl (C=O) groups excluding carboxylic acids is 3. The number of hydrogen-bond donors (Lipinski definition) is 0. The Bertz CT molecular complexity index is 1380. The lowest BCUT2D eigenvalue weighted by atomic mass is 9.55. The minimum absolute atomic E-state index is 0.0574. The summed E-state index contributed by atoms with van der Waals surface area (Å²) in [7, 11) is 0. The third-order valence-corrected chi connectivity index (χ3v) is 9.51. The van der Waals surface area contributed by atoms with Crippen LogP contribution in [0.3, 0.4) is 0 Å². The summed E-state index contributed by atoms with van der Waals surface area (Å²) in [6, 6.07) is 21.1. The van der Waals surface area contributed by atoms with E-state index in [0.29, 0.717) is 30.7 Å². The zero-order valence-corrected chi connectivity index (χ0v) is 22.0. The first-order valence-corrected chi connectivity index (χ1v) is 13.9. The molecule has 3 aromatic rings. The molecule has 0 radical (unpaired) electrons. The van der Waals surface area contributed by atoms with E-state index in [1.807, 2.05) is 24.3 Å². The Kier molecular flexibility index (Phi) is 5.64. The van der Waals surface area contributed by atoms with Gasteiger partial charge in [-0.05, 0) is 66.1 Å². The van der Waals surface area contributed by atoms with Crippen LogP contribution < -0.4 is 4.74 Å². The number of benzene rings is 3. The van der Waals surface area contributed by atoms with Gasteiger partial charge in [0.15, 0.2) is 0 Å². The summed E-state index contributed by atoms with van der Waals surface area (Å²) in [5.41, 5.74) is 4.70. The van der Waals surface area contributed by atoms with Crippen LogP contribution in [0.5, 0.6) is 5.75 Å². The second kappa shape index (κ2) is 8.96. The molecule has 2 bridgehead atoms. The van der Waals surface area contributed by atoms with Gasteiger partial charge in [-0.15, -0.1) is 0 Å². The van der Waals surface area contributed by atoms with Gasteiger partial charge >= 0.3 is 5.97 Å². The zero-order chi connectivity index (χ0) is 26.1. The quantitative estimate of drug-likeness (QED) is 0.218. The molecule has 2 fully saturated rings. The van der Waals surface area contributed by atoms with Crippen LogP contribution in [0.25, 0.3) is 0 Å². The lowest BCUT2D eigenvalue weighted by molar-refractivity contribution is -0.144. The summed E-state index contributed by atoms with van der Waals surface area (Å²) in [4.78, 5) is 42.3. The van der Waals surface area contributed by atoms with E-state index in [2.05, 4.69) is 24.3 Å². The van der Waals surface area contributed by atoms with Crippen molar-refractivity contribution in [3.8, 4) is 5.75 Å². The van der Waals surface area contributed by atoms with Gasteiger partial charge < -0.3 is 4.74 Å². The molecule has 3 aromatic carbocycles. The molecule has 0 spiro atoms. The van der Waals surface area contributed by atoms with Crippen molar-refractivity contribution in [3.63, 3.8) is 0 Å². The van der Waals surface area contributed by atoms with Crippen LogP contribution in [0.4, 0.5) is 0 Å². The van der Waals surface area contributed by atoms with Crippen molar-refractivity contribution in [2.45, 2.75) is 43.6 Å². The molecule has 4 aliphatic carbocycles. The van der Waals surface area contributed by atoms with Crippen molar-refractivity contribution in [2.24, 2.45) is 17.8 Å². The van der Waals surface area contributed by atoms with Crippen molar-refractivity contribution in [1.82, 2.24) is 4.90 Å². The average molecular weight is 546 g/mol.